The standard InChI is InChI=1S/C30H33Cl2N5O2/c1-5-20-14-16-21(17-15-20)37-28(33-24-12-8-7-10-22(24)29(37)38)26(6-2)36(19-18-35(3)4)30(39)34-25-13-9-11-23(31)27(25)32/h7-17,26H,5-6,18-19H2,1-4H3,(H,34,39). The number of halogens is 2. The zero-order chi connectivity index (χ0) is 28.1. The number of fused-ring (bicyclic) bond motifs is 1. The molecule has 204 valence electrons. The average Bonchev–Trinajstić information content (AvgIpc) is 2.93. The van der Waals surface area contributed by atoms with Crippen LogP contribution in [0.3, 0.4) is 0 Å². The van der Waals surface area contributed by atoms with Crippen molar-refractivity contribution in [3.63, 3.8) is 0 Å². The Morgan fingerprint density at radius 3 is 2.36 bits per heavy atom. The van der Waals surface area contributed by atoms with Crippen molar-refractivity contribution in [2.75, 3.05) is 32.5 Å². The number of aryl methyl sites for hydroxylation is 1. The van der Waals surface area contributed by atoms with Crippen molar-refractivity contribution in [2.45, 2.75) is 32.7 Å². The van der Waals surface area contributed by atoms with Crippen LogP contribution in [0.25, 0.3) is 16.6 Å². The Morgan fingerprint density at radius 2 is 1.69 bits per heavy atom. The molecule has 0 saturated heterocycles. The minimum absolute atomic E-state index is 0.177. The van der Waals surface area contributed by atoms with Gasteiger partial charge in [0.15, 0.2) is 0 Å². The third-order valence-electron chi connectivity index (χ3n) is 6.71. The first kappa shape index (κ1) is 28.6. The van der Waals surface area contributed by atoms with Crippen molar-refractivity contribution < 1.29 is 4.79 Å². The Kier molecular flexibility index (Phi) is 9.28. The summed E-state index contributed by atoms with van der Waals surface area (Å²) in [5, 5.41) is 4.06. The van der Waals surface area contributed by atoms with Crippen LogP contribution in [-0.2, 0) is 6.42 Å². The number of anilines is 1. The van der Waals surface area contributed by atoms with E-state index in [1.807, 2.05) is 68.4 Å². The van der Waals surface area contributed by atoms with Gasteiger partial charge in [0.2, 0.25) is 0 Å². The molecule has 1 atom stereocenters. The van der Waals surface area contributed by atoms with Gasteiger partial charge >= 0.3 is 6.03 Å². The van der Waals surface area contributed by atoms with Gasteiger partial charge in [-0.05, 0) is 68.9 Å². The summed E-state index contributed by atoms with van der Waals surface area (Å²) in [6, 6.07) is 19.4. The quantitative estimate of drug-likeness (QED) is 0.242. The molecule has 0 aliphatic heterocycles. The number of amides is 2. The minimum Gasteiger partial charge on any atom is -0.313 e. The Balaban J connectivity index is 1.87. The molecule has 4 aromatic rings. The van der Waals surface area contributed by atoms with Crippen LogP contribution in [0.2, 0.25) is 10.0 Å². The van der Waals surface area contributed by atoms with Crippen molar-refractivity contribution in [3.8, 4) is 5.69 Å². The lowest BCUT2D eigenvalue weighted by molar-refractivity contribution is 0.173. The molecule has 0 fully saturated rings. The number of para-hydroxylation sites is 1. The average molecular weight is 567 g/mol. The van der Waals surface area contributed by atoms with Gasteiger partial charge in [0.25, 0.3) is 5.56 Å². The normalized spacial score (nSPS) is 12.1. The molecular formula is C30H33Cl2N5O2. The highest BCUT2D eigenvalue weighted by atomic mass is 35.5. The van der Waals surface area contributed by atoms with E-state index >= 15 is 0 Å². The van der Waals surface area contributed by atoms with Crippen molar-refractivity contribution in [1.82, 2.24) is 19.4 Å². The fraction of sp³-hybridized carbons (Fsp3) is 0.300. The number of likely N-dealkylation sites (N-methyl/N-ethyl adjacent to an activating group) is 1. The highest BCUT2D eigenvalue weighted by Gasteiger charge is 2.29. The lowest BCUT2D eigenvalue weighted by Gasteiger charge is -2.33. The number of urea groups is 1. The second kappa shape index (κ2) is 12.6. The summed E-state index contributed by atoms with van der Waals surface area (Å²) in [5.74, 6) is 0.497. The summed E-state index contributed by atoms with van der Waals surface area (Å²) in [7, 11) is 3.90. The molecule has 2 amide bonds. The molecule has 0 saturated carbocycles. The van der Waals surface area contributed by atoms with Gasteiger partial charge in [-0.2, -0.15) is 0 Å². The van der Waals surface area contributed by atoms with Crippen molar-refractivity contribution in [3.05, 3.63) is 98.5 Å². The first-order chi connectivity index (χ1) is 18.7. The highest BCUT2D eigenvalue weighted by molar-refractivity contribution is 6.43. The largest absolute Gasteiger partial charge is 0.322 e. The first-order valence-corrected chi connectivity index (χ1v) is 13.8. The molecule has 0 radical (unpaired) electrons. The Labute approximate surface area is 239 Å². The number of hydrogen-bond donors (Lipinski definition) is 1. The van der Waals surface area contributed by atoms with E-state index in [1.54, 1.807) is 33.7 Å². The zero-order valence-corrected chi connectivity index (χ0v) is 24.1. The maximum atomic E-state index is 13.9. The molecule has 1 N–H and O–H groups in total. The highest BCUT2D eigenvalue weighted by Crippen LogP contribution is 2.31. The van der Waals surface area contributed by atoms with Crippen molar-refractivity contribution in [1.29, 1.82) is 0 Å². The van der Waals surface area contributed by atoms with Crippen molar-refractivity contribution >= 4 is 45.8 Å². The number of carbonyl (C=O) groups excluding carboxylic acids is 1. The lowest BCUT2D eigenvalue weighted by Crippen LogP contribution is -2.43. The number of hydrogen-bond acceptors (Lipinski definition) is 4. The van der Waals surface area contributed by atoms with Gasteiger partial charge in [0.05, 0.1) is 38.4 Å². The second-order valence-corrected chi connectivity index (χ2v) is 10.4. The third-order valence-corrected chi connectivity index (χ3v) is 7.53. The van der Waals surface area contributed by atoms with Crippen LogP contribution in [0, 0.1) is 0 Å². The molecule has 0 bridgehead atoms. The first-order valence-electron chi connectivity index (χ1n) is 13.0. The topological polar surface area (TPSA) is 70.5 Å². The maximum Gasteiger partial charge on any atom is 0.322 e. The molecule has 1 unspecified atom stereocenters. The summed E-state index contributed by atoms with van der Waals surface area (Å²) >= 11 is 12.6. The molecule has 3 aromatic carbocycles. The van der Waals surface area contributed by atoms with E-state index in [-0.39, 0.29) is 16.6 Å². The number of aromatic nitrogens is 2. The number of carbonyl (C=O) groups is 1. The van der Waals surface area contributed by atoms with Gasteiger partial charge in [-0.15, -0.1) is 0 Å². The monoisotopic (exact) mass is 565 g/mol. The molecule has 9 heteroatoms. The van der Waals surface area contributed by atoms with E-state index in [9.17, 15) is 9.59 Å². The van der Waals surface area contributed by atoms with E-state index in [2.05, 4.69) is 12.2 Å². The van der Waals surface area contributed by atoms with Crippen LogP contribution in [0.1, 0.15) is 37.7 Å². The van der Waals surface area contributed by atoms with E-state index in [0.29, 0.717) is 52.6 Å². The Hall–Kier alpha value is -3.39. The molecule has 4 rings (SSSR count). The third kappa shape index (κ3) is 6.27. The smallest absolute Gasteiger partial charge is 0.313 e. The van der Waals surface area contributed by atoms with Crippen LogP contribution in [0.15, 0.2) is 71.5 Å². The van der Waals surface area contributed by atoms with Gasteiger partial charge in [0, 0.05) is 13.1 Å². The zero-order valence-electron chi connectivity index (χ0n) is 22.6. The van der Waals surface area contributed by atoms with Gasteiger partial charge in [-0.1, -0.05) is 67.4 Å². The molecule has 1 heterocycles. The fourth-order valence-electron chi connectivity index (χ4n) is 4.54. The summed E-state index contributed by atoms with van der Waals surface area (Å²) in [4.78, 5) is 36.4. The van der Waals surface area contributed by atoms with E-state index in [4.69, 9.17) is 28.2 Å². The molecule has 0 aliphatic rings. The van der Waals surface area contributed by atoms with E-state index < -0.39 is 6.04 Å². The van der Waals surface area contributed by atoms with Crippen molar-refractivity contribution in [2.24, 2.45) is 0 Å². The maximum absolute atomic E-state index is 13.9. The SMILES string of the molecule is CCc1ccc(-n2c(C(CC)N(CCN(C)C)C(=O)Nc3cccc(Cl)c3Cl)nc3ccccc3c2=O)cc1. The molecule has 0 aliphatic carbocycles. The number of nitrogens with one attached hydrogen (secondary N) is 1. The Bertz CT molecular complexity index is 1520. The summed E-state index contributed by atoms with van der Waals surface area (Å²) in [5.41, 5.74) is 2.69. The lowest BCUT2D eigenvalue weighted by atomic mass is 10.1. The molecule has 0 spiro atoms. The summed E-state index contributed by atoms with van der Waals surface area (Å²) in [6.07, 6.45) is 1.42. The van der Waals surface area contributed by atoms with E-state index in [0.717, 1.165) is 6.42 Å². The predicted octanol–water partition coefficient (Wildman–Crippen LogP) is 6.80. The number of rotatable bonds is 9. The predicted molar refractivity (Wildman–Crippen MR) is 160 cm³/mol. The Morgan fingerprint density at radius 1 is 0.974 bits per heavy atom. The van der Waals surface area contributed by atoms with Gasteiger partial charge < -0.3 is 15.1 Å². The van der Waals surface area contributed by atoms with Crippen LogP contribution in [-0.4, -0.2) is 52.6 Å². The van der Waals surface area contributed by atoms with E-state index in [1.165, 1.54) is 5.56 Å². The summed E-state index contributed by atoms with van der Waals surface area (Å²) < 4.78 is 1.64. The minimum atomic E-state index is -0.508. The van der Waals surface area contributed by atoms with Crippen LogP contribution < -0.4 is 10.9 Å². The number of nitrogens with zero attached hydrogens (tertiary/aromatic N) is 4. The van der Waals surface area contributed by atoms with Gasteiger partial charge in [0.1, 0.15) is 5.82 Å². The fourth-order valence-corrected chi connectivity index (χ4v) is 4.89. The molecule has 7 nitrogen and oxygen atoms in total. The summed E-state index contributed by atoms with van der Waals surface area (Å²) in [6.45, 7) is 5.08. The second-order valence-electron chi connectivity index (χ2n) is 9.60. The van der Waals surface area contributed by atoms with Gasteiger partial charge in [-0.25, -0.2) is 9.78 Å². The van der Waals surface area contributed by atoms with Crippen LogP contribution >= 0.6 is 23.2 Å². The molecule has 1 aromatic heterocycles. The van der Waals surface area contributed by atoms with Crippen LogP contribution in [0.4, 0.5) is 10.5 Å². The van der Waals surface area contributed by atoms with Crippen LogP contribution in [0.5, 0.6) is 0 Å². The molecule has 39 heavy (non-hydrogen) atoms. The molecular weight excluding hydrogens is 533 g/mol. The number of benzene rings is 3. The van der Waals surface area contributed by atoms with Gasteiger partial charge in [-0.3, -0.25) is 9.36 Å².